The second kappa shape index (κ2) is 9.26. The molecule has 0 bridgehead atoms. The van der Waals surface area contributed by atoms with Crippen LogP contribution in [-0.2, 0) is 11.3 Å². The third kappa shape index (κ3) is 5.65. The van der Waals surface area contributed by atoms with E-state index in [9.17, 15) is 27.2 Å². The van der Waals surface area contributed by atoms with Crippen LogP contribution in [0.15, 0.2) is 18.5 Å². The summed E-state index contributed by atoms with van der Waals surface area (Å²) in [5, 5.41) is 9.81. The number of carbonyl (C=O) groups excluding carboxylic acids is 2. The number of nitrogens with one attached hydrogen (secondary N) is 2. The highest BCUT2D eigenvalue weighted by Crippen LogP contribution is 2.42. The van der Waals surface area contributed by atoms with Crippen molar-refractivity contribution >= 4 is 17.8 Å². The van der Waals surface area contributed by atoms with Crippen LogP contribution in [0.25, 0.3) is 5.65 Å². The fourth-order valence-corrected chi connectivity index (χ4v) is 5.68. The average Bonchev–Trinajstić information content (AvgIpc) is 3.41. The van der Waals surface area contributed by atoms with Crippen LogP contribution in [0.5, 0.6) is 0 Å². The monoisotopic (exact) mass is 540 g/mol. The zero-order chi connectivity index (χ0) is 27.5. The zero-order valence-electron chi connectivity index (χ0n) is 21.5. The molecule has 2 saturated carbocycles. The summed E-state index contributed by atoms with van der Waals surface area (Å²) >= 11 is 0. The predicted octanol–water partition coefficient (Wildman–Crippen LogP) is 4.81. The third-order valence-electron chi connectivity index (χ3n) is 7.43. The number of ether oxygens (including phenoxy) is 1. The molecule has 3 fully saturated rings. The molecule has 13 heteroatoms. The van der Waals surface area contributed by atoms with E-state index in [4.69, 9.17) is 4.74 Å². The van der Waals surface area contributed by atoms with Crippen molar-refractivity contribution in [2.24, 2.45) is 5.92 Å². The molecule has 9 nitrogen and oxygen atoms in total. The van der Waals surface area contributed by atoms with Crippen molar-refractivity contribution in [3.05, 3.63) is 29.7 Å². The van der Waals surface area contributed by atoms with Gasteiger partial charge in [0.05, 0.1) is 36.2 Å². The summed E-state index contributed by atoms with van der Waals surface area (Å²) in [6.07, 6.45) is 1.58. The van der Waals surface area contributed by atoms with Gasteiger partial charge in [0.15, 0.2) is 5.65 Å². The van der Waals surface area contributed by atoms with Crippen molar-refractivity contribution in [1.29, 1.82) is 0 Å². The first kappa shape index (κ1) is 26.5. The molecule has 1 saturated heterocycles. The van der Waals surface area contributed by atoms with E-state index < -0.39 is 54.1 Å². The second-order valence-electron chi connectivity index (χ2n) is 11.7. The molecule has 2 aromatic heterocycles. The van der Waals surface area contributed by atoms with Crippen molar-refractivity contribution in [1.82, 2.24) is 30.1 Å². The van der Waals surface area contributed by atoms with E-state index >= 15 is 0 Å². The molecule has 208 valence electrons. The molecule has 0 radical (unpaired) electrons. The van der Waals surface area contributed by atoms with E-state index in [1.54, 1.807) is 33.0 Å². The normalized spacial score (nSPS) is 25.8. The molecular weight excluding hydrogens is 508 g/mol. The van der Waals surface area contributed by atoms with Gasteiger partial charge >= 0.3 is 12.1 Å². The van der Waals surface area contributed by atoms with Gasteiger partial charge < -0.3 is 20.3 Å². The topological polar surface area (TPSA) is 101 Å². The van der Waals surface area contributed by atoms with Crippen LogP contribution in [0, 0.1) is 5.92 Å². The lowest BCUT2D eigenvalue weighted by molar-refractivity contribution is -0.0500. The van der Waals surface area contributed by atoms with Crippen LogP contribution in [-0.4, -0.2) is 61.2 Å². The minimum Gasteiger partial charge on any atom is -0.444 e. The van der Waals surface area contributed by atoms with Crippen LogP contribution < -0.4 is 10.6 Å². The van der Waals surface area contributed by atoms with E-state index in [1.165, 1.54) is 15.6 Å². The molecular formula is C25H32F4N6O3. The summed E-state index contributed by atoms with van der Waals surface area (Å²) in [4.78, 5) is 31.0. The minimum atomic E-state index is -2.82. The molecule has 2 unspecified atom stereocenters. The highest BCUT2D eigenvalue weighted by atomic mass is 19.3. The predicted molar refractivity (Wildman–Crippen MR) is 128 cm³/mol. The molecule has 3 heterocycles. The van der Waals surface area contributed by atoms with Gasteiger partial charge in [-0.15, -0.1) is 0 Å². The number of carbonyl (C=O) groups is 2. The summed E-state index contributed by atoms with van der Waals surface area (Å²) in [5.41, 5.74) is 0.732. The first-order valence-corrected chi connectivity index (χ1v) is 12.8. The minimum absolute atomic E-state index is 0.0894. The molecule has 38 heavy (non-hydrogen) atoms. The van der Waals surface area contributed by atoms with Gasteiger partial charge in [-0.2, -0.15) is 5.10 Å². The maximum atomic E-state index is 13.9. The molecule has 2 aliphatic carbocycles. The Bertz CT molecular complexity index is 1220. The number of halogens is 4. The van der Waals surface area contributed by atoms with Gasteiger partial charge in [-0.3, -0.25) is 0 Å². The van der Waals surface area contributed by atoms with Crippen molar-refractivity contribution in [3.8, 4) is 0 Å². The Morgan fingerprint density at radius 2 is 1.92 bits per heavy atom. The third-order valence-corrected chi connectivity index (χ3v) is 7.43. The zero-order valence-corrected chi connectivity index (χ0v) is 21.5. The summed E-state index contributed by atoms with van der Waals surface area (Å²) in [6, 6.07) is -0.554. The van der Waals surface area contributed by atoms with E-state index in [-0.39, 0.29) is 44.6 Å². The Labute approximate surface area is 217 Å². The number of fused-ring (bicyclic) bond motifs is 2. The van der Waals surface area contributed by atoms with Crippen molar-refractivity contribution < 1.29 is 31.9 Å². The molecule has 3 atom stereocenters. The fourth-order valence-electron chi connectivity index (χ4n) is 5.68. The number of alkyl carbamates (subject to hydrolysis) is 1. The van der Waals surface area contributed by atoms with E-state index in [1.807, 2.05) is 0 Å². The van der Waals surface area contributed by atoms with Crippen molar-refractivity contribution in [3.63, 3.8) is 0 Å². The highest BCUT2D eigenvalue weighted by molar-refractivity contribution is 5.78. The van der Waals surface area contributed by atoms with Gasteiger partial charge in [0.25, 0.3) is 5.92 Å². The number of hydrogen-bond donors (Lipinski definition) is 2. The Morgan fingerprint density at radius 3 is 2.61 bits per heavy atom. The molecule has 2 aromatic rings. The molecule has 0 aromatic carbocycles. The largest absolute Gasteiger partial charge is 0.444 e. The fraction of sp³-hybridized carbons (Fsp3) is 0.680. The molecule has 1 aliphatic heterocycles. The van der Waals surface area contributed by atoms with Gasteiger partial charge in [0, 0.05) is 32.2 Å². The van der Waals surface area contributed by atoms with Gasteiger partial charge in [0.1, 0.15) is 5.60 Å². The SMILES string of the molecule is CC(C)(C)OC(=O)N[C@H](c1cn2ncc(CN3C(=O)NC4CC(F)(F)CC43)cc2n1)C1CCC(F)(F)CC1. The average molecular weight is 541 g/mol. The van der Waals surface area contributed by atoms with Gasteiger partial charge in [-0.1, -0.05) is 0 Å². The first-order valence-electron chi connectivity index (χ1n) is 12.8. The maximum Gasteiger partial charge on any atom is 0.408 e. The van der Waals surface area contributed by atoms with Gasteiger partial charge in [-0.25, -0.2) is 36.7 Å². The quantitative estimate of drug-likeness (QED) is 0.530. The lowest BCUT2D eigenvalue weighted by atomic mass is 9.81. The Balaban J connectivity index is 1.37. The number of amides is 3. The number of rotatable bonds is 5. The standard InChI is InChI=1S/C25H32F4N6O3/c1-23(2,3)38-22(37)33-20(15-4-6-24(26,27)7-5-15)17-13-35-19(31-17)8-14(11-30-35)12-34-18-10-25(28,29)9-16(18)32-21(34)36/h8,11,13,15-16,18,20H,4-7,9-10,12H2,1-3H3,(H,32,36)(H,33,37)/t16?,18?,20-/m0/s1. The number of hydrogen-bond acceptors (Lipinski definition) is 5. The van der Waals surface area contributed by atoms with E-state index in [2.05, 4.69) is 20.7 Å². The number of urea groups is 1. The van der Waals surface area contributed by atoms with Crippen LogP contribution in [0.2, 0.25) is 0 Å². The van der Waals surface area contributed by atoms with Crippen LogP contribution >= 0.6 is 0 Å². The van der Waals surface area contributed by atoms with Crippen molar-refractivity contribution in [2.45, 2.75) is 101 Å². The number of alkyl halides is 4. The van der Waals surface area contributed by atoms with E-state index in [0.717, 1.165) is 0 Å². The lowest BCUT2D eigenvalue weighted by Gasteiger charge is -2.33. The molecule has 3 aliphatic rings. The van der Waals surface area contributed by atoms with Gasteiger partial charge in [-0.05, 0) is 51.2 Å². The summed E-state index contributed by atoms with van der Waals surface area (Å²) in [5.74, 6) is -5.83. The smallest absolute Gasteiger partial charge is 0.408 e. The van der Waals surface area contributed by atoms with Crippen molar-refractivity contribution in [2.75, 3.05) is 0 Å². The summed E-state index contributed by atoms with van der Waals surface area (Å²) in [6.45, 7) is 5.28. The van der Waals surface area contributed by atoms with Crippen LogP contribution in [0.4, 0.5) is 27.2 Å². The van der Waals surface area contributed by atoms with E-state index in [0.29, 0.717) is 16.9 Å². The first-order chi connectivity index (χ1) is 17.7. The van der Waals surface area contributed by atoms with Crippen LogP contribution in [0.3, 0.4) is 0 Å². The maximum absolute atomic E-state index is 13.9. The number of aromatic nitrogens is 3. The molecule has 3 amide bonds. The van der Waals surface area contributed by atoms with Gasteiger partial charge in [0.2, 0.25) is 5.92 Å². The molecule has 0 spiro atoms. The Morgan fingerprint density at radius 1 is 1.21 bits per heavy atom. The number of imidazole rings is 1. The molecule has 5 rings (SSSR count). The van der Waals surface area contributed by atoms with Crippen LogP contribution in [0.1, 0.15) is 76.6 Å². The highest BCUT2D eigenvalue weighted by Gasteiger charge is 2.54. The summed E-state index contributed by atoms with van der Waals surface area (Å²) < 4.78 is 62.4. The summed E-state index contributed by atoms with van der Waals surface area (Å²) in [7, 11) is 0. The second-order valence-corrected chi connectivity index (χ2v) is 11.7. The lowest BCUT2D eigenvalue weighted by Crippen LogP contribution is -2.40. The molecule has 2 N–H and O–H groups in total. The number of nitrogens with zero attached hydrogens (tertiary/aromatic N) is 4. The Kier molecular flexibility index (Phi) is 6.46. The Hall–Kier alpha value is -3.12.